The number of hydrogen-bond acceptors (Lipinski definition) is 8. The molecule has 0 aliphatic carbocycles. The molecule has 0 fully saturated rings. The van der Waals surface area contributed by atoms with Crippen molar-refractivity contribution in [3.05, 3.63) is 53.9 Å². The Hall–Kier alpha value is -3.05. The maximum absolute atomic E-state index is 14.3. The van der Waals surface area contributed by atoms with Crippen molar-refractivity contribution < 1.29 is 24.2 Å². The summed E-state index contributed by atoms with van der Waals surface area (Å²) in [5, 5.41) is 13.1. The van der Waals surface area contributed by atoms with Crippen LogP contribution in [-0.4, -0.2) is 109 Å². The van der Waals surface area contributed by atoms with E-state index in [0.29, 0.717) is 43.1 Å². The van der Waals surface area contributed by atoms with E-state index in [1.165, 1.54) is 5.56 Å². The van der Waals surface area contributed by atoms with Gasteiger partial charge in [-0.25, -0.2) is 0 Å². The topological polar surface area (TPSA) is 107 Å². The summed E-state index contributed by atoms with van der Waals surface area (Å²) in [6.07, 6.45) is 7.16. The summed E-state index contributed by atoms with van der Waals surface area (Å²) >= 11 is 0. The molecule has 1 aliphatic heterocycles. The Morgan fingerprint density at radius 2 is 1.91 bits per heavy atom. The molecule has 10 heteroatoms. The first-order valence-electron chi connectivity index (χ1n) is 15.9. The van der Waals surface area contributed by atoms with Crippen LogP contribution < -0.4 is 10.1 Å². The molecule has 1 aromatic heterocycles. The highest BCUT2D eigenvalue weighted by Crippen LogP contribution is 2.28. The van der Waals surface area contributed by atoms with Crippen LogP contribution in [0.4, 0.5) is 5.69 Å². The Morgan fingerprint density at radius 3 is 2.61 bits per heavy atom. The van der Waals surface area contributed by atoms with E-state index < -0.39 is 6.04 Å². The van der Waals surface area contributed by atoms with Crippen molar-refractivity contribution in [2.75, 3.05) is 59.3 Å². The van der Waals surface area contributed by atoms with Gasteiger partial charge in [0.05, 0.1) is 30.4 Å². The summed E-state index contributed by atoms with van der Waals surface area (Å²) in [6, 6.07) is 8.87. The molecule has 1 aromatic carbocycles. The van der Waals surface area contributed by atoms with Crippen LogP contribution in [0.5, 0.6) is 5.75 Å². The molecule has 0 radical (unpaired) electrons. The number of aliphatic hydroxyl groups is 1. The fourth-order valence-electron chi connectivity index (χ4n) is 5.41. The highest BCUT2D eigenvalue weighted by atomic mass is 16.5. The van der Waals surface area contributed by atoms with Crippen LogP contribution in [0, 0.1) is 5.92 Å². The van der Waals surface area contributed by atoms with Gasteiger partial charge in [0.2, 0.25) is 5.91 Å². The lowest BCUT2D eigenvalue weighted by molar-refractivity contribution is -0.116. The average molecular weight is 612 g/mol. The predicted octanol–water partition coefficient (Wildman–Crippen LogP) is 4.29. The van der Waals surface area contributed by atoms with E-state index in [9.17, 15) is 14.7 Å². The largest absolute Gasteiger partial charge is 0.490 e. The zero-order chi connectivity index (χ0) is 32.1. The molecular weight excluding hydrogens is 558 g/mol. The van der Waals surface area contributed by atoms with E-state index >= 15 is 0 Å². The molecule has 0 unspecified atom stereocenters. The van der Waals surface area contributed by atoms with Gasteiger partial charge < -0.3 is 29.7 Å². The second kappa shape index (κ2) is 18.0. The number of aromatic nitrogens is 1. The smallest absolute Gasteiger partial charge is 0.258 e. The lowest BCUT2D eigenvalue weighted by Crippen LogP contribution is -2.47. The van der Waals surface area contributed by atoms with Crippen molar-refractivity contribution in [2.24, 2.45) is 5.92 Å². The molecule has 44 heavy (non-hydrogen) atoms. The quantitative estimate of drug-likeness (QED) is 0.388. The van der Waals surface area contributed by atoms with Gasteiger partial charge in [-0.1, -0.05) is 6.92 Å². The number of nitrogens with one attached hydrogen (secondary N) is 1. The zero-order valence-corrected chi connectivity index (χ0v) is 27.5. The van der Waals surface area contributed by atoms with Crippen molar-refractivity contribution in [3.8, 4) is 5.75 Å². The van der Waals surface area contributed by atoms with E-state index in [-0.39, 0.29) is 36.5 Å². The van der Waals surface area contributed by atoms with E-state index in [1.807, 2.05) is 45.0 Å². The third-order valence-electron chi connectivity index (χ3n) is 8.04. The molecule has 0 bridgehead atoms. The minimum atomic E-state index is -0.428. The Bertz CT molecular complexity index is 1160. The van der Waals surface area contributed by atoms with Crippen LogP contribution in [0.1, 0.15) is 68.8 Å². The number of rotatable bonds is 11. The number of nitrogens with zero attached hydrogens (tertiary/aromatic N) is 4. The van der Waals surface area contributed by atoms with Gasteiger partial charge in [-0.2, -0.15) is 0 Å². The number of anilines is 1. The summed E-state index contributed by atoms with van der Waals surface area (Å²) in [7, 11) is 6.04. The number of carbonyl (C=O) groups excluding carboxylic acids is 2. The van der Waals surface area contributed by atoms with E-state index in [4.69, 9.17) is 9.47 Å². The molecule has 0 saturated carbocycles. The Balaban J connectivity index is 1.87. The Morgan fingerprint density at radius 1 is 1.16 bits per heavy atom. The summed E-state index contributed by atoms with van der Waals surface area (Å²) in [6.45, 7) is 9.07. The normalized spacial score (nSPS) is 21.0. The molecule has 0 spiro atoms. The molecule has 10 nitrogen and oxygen atoms in total. The van der Waals surface area contributed by atoms with E-state index in [0.717, 1.165) is 38.8 Å². The third-order valence-corrected chi connectivity index (χ3v) is 8.04. The minimum Gasteiger partial charge on any atom is -0.490 e. The van der Waals surface area contributed by atoms with Gasteiger partial charge in [0.1, 0.15) is 5.75 Å². The maximum Gasteiger partial charge on any atom is 0.258 e. The highest BCUT2D eigenvalue weighted by molar-refractivity contribution is 5.99. The van der Waals surface area contributed by atoms with Crippen molar-refractivity contribution in [2.45, 2.75) is 77.7 Å². The van der Waals surface area contributed by atoms with Gasteiger partial charge >= 0.3 is 0 Å². The second-order valence-electron chi connectivity index (χ2n) is 12.5. The number of carbonyl (C=O) groups is 2. The molecule has 1 aliphatic rings. The molecule has 2 heterocycles. The molecule has 2 aromatic rings. The highest BCUT2D eigenvalue weighted by Gasteiger charge is 2.30. The number of pyridine rings is 1. The Labute approximate surface area is 263 Å². The third kappa shape index (κ3) is 11.5. The Kier molecular flexibility index (Phi) is 14.5. The molecular formula is C34H53N5O5. The molecule has 3 rings (SSSR count). The minimum absolute atomic E-state index is 0.0151. The number of amides is 2. The number of aliphatic hydroxyl groups excluding tert-OH is 1. The maximum atomic E-state index is 14.3. The van der Waals surface area contributed by atoms with E-state index in [2.05, 4.69) is 29.2 Å². The molecule has 4 atom stereocenters. The zero-order valence-electron chi connectivity index (χ0n) is 27.5. The first-order chi connectivity index (χ1) is 21.1. The first kappa shape index (κ1) is 35.4. The van der Waals surface area contributed by atoms with Crippen LogP contribution in [0.3, 0.4) is 0 Å². The van der Waals surface area contributed by atoms with Crippen LogP contribution in [-0.2, 0) is 16.1 Å². The van der Waals surface area contributed by atoms with Gasteiger partial charge in [-0.05, 0) is 103 Å². The van der Waals surface area contributed by atoms with Gasteiger partial charge in [-0.3, -0.25) is 19.5 Å². The summed E-state index contributed by atoms with van der Waals surface area (Å²) in [5.41, 5.74) is 2.10. The van der Waals surface area contributed by atoms with Crippen LogP contribution in [0.25, 0.3) is 0 Å². The second-order valence-corrected chi connectivity index (χ2v) is 12.5. The van der Waals surface area contributed by atoms with Crippen LogP contribution in [0.15, 0.2) is 42.7 Å². The van der Waals surface area contributed by atoms with Crippen molar-refractivity contribution in [1.29, 1.82) is 0 Å². The standard InChI is InChI=1S/C34H53N5O5/c1-25-21-39(26(2)24-40)34(42)30-20-29(36-33(41)11-9-18-37(4)5)12-13-31(30)44-27(3)10-7-8-19-43-32(25)23-38(6)22-28-14-16-35-17-15-28/h12-17,20,25-27,32,40H,7-11,18-19,21-24H2,1-6H3,(H,36,41)/t25-,26+,27+,32+/m0/s1. The van der Waals surface area contributed by atoms with Gasteiger partial charge in [0.25, 0.3) is 5.91 Å². The fourth-order valence-corrected chi connectivity index (χ4v) is 5.41. The lowest BCUT2D eigenvalue weighted by atomic mass is 10.0. The summed E-state index contributed by atoms with van der Waals surface area (Å²) < 4.78 is 12.8. The molecule has 244 valence electrons. The summed E-state index contributed by atoms with van der Waals surface area (Å²) in [4.78, 5) is 37.1. The fraction of sp³-hybridized carbons (Fsp3) is 0.618. The number of fused-ring (bicyclic) bond motifs is 1. The average Bonchev–Trinajstić information content (AvgIpc) is 2.98. The van der Waals surface area contributed by atoms with Gasteiger partial charge in [0.15, 0.2) is 0 Å². The monoisotopic (exact) mass is 611 g/mol. The molecule has 2 N–H and O–H groups in total. The van der Waals surface area contributed by atoms with Gasteiger partial charge in [-0.15, -0.1) is 0 Å². The molecule has 0 saturated heterocycles. The van der Waals surface area contributed by atoms with Crippen LogP contribution >= 0.6 is 0 Å². The number of likely N-dealkylation sites (N-methyl/N-ethyl adjacent to an activating group) is 1. The predicted molar refractivity (Wildman–Crippen MR) is 174 cm³/mol. The summed E-state index contributed by atoms with van der Waals surface area (Å²) in [5.74, 6) is 0.126. The SMILES string of the molecule is C[C@@H]1CCCCO[C@H](CN(C)Cc2ccncc2)[C@@H](C)CN([C@H](C)CO)C(=O)c2cc(NC(=O)CCCN(C)C)ccc2O1. The number of hydrogen-bond donors (Lipinski definition) is 2. The molecule has 2 amide bonds. The number of benzene rings is 1. The van der Waals surface area contributed by atoms with Crippen LogP contribution in [0.2, 0.25) is 0 Å². The lowest BCUT2D eigenvalue weighted by Gasteiger charge is -2.36. The first-order valence-corrected chi connectivity index (χ1v) is 15.9. The van der Waals surface area contributed by atoms with Crippen molar-refractivity contribution in [1.82, 2.24) is 19.7 Å². The number of ether oxygens (including phenoxy) is 2. The van der Waals surface area contributed by atoms with E-state index in [1.54, 1.807) is 35.5 Å². The van der Waals surface area contributed by atoms with Crippen molar-refractivity contribution in [3.63, 3.8) is 0 Å². The van der Waals surface area contributed by atoms with Crippen molar-refractivity contribution >= 4 is 17.5 Å². The van der Waals surface area contributed by atoms with Gasteiger partial charge in [0, 0.05) is 56.7 Å².